The molecule has 0 radical (unpaired) electrons. The molecule has 1 N–H and O–H groups in total. The van der Waals surface area contributed by atoms with E-state index < -0.39 is 32.2 Å². The highest BCUT2D eigenvalue weighted by molar-refractivity contribution is 7.89. The summed E-state index contributed by atoms with van der Waals surface area (Å²) in [4.78, 5) is 27.3. The SMILES string of the molecule is C[C@@H](NS(=O)(=O)c1cn(C)c(=O)n(C)c1=O)c1ccc(-n2cncn2)cc1. The van der Waals surface area contributed by atoms with Gasteiger partial charge in [-0.15, -0.1) is 0 Å². The number of nitrogens with one attached hydrogen (secondary N) is 1. The van der Waals surface area contributed by atoms with Crippen LogP contribution >= 0.6 is 0 Å². The molecule has 142 valence electrons. The minimum atomic E-state index is -4.12. The van der Waals surface area contributed by atoms with Crippen LogP contribution in [0, 0.1) is 0 Å². The standard InChI is InChI=1S/C16H18N6O4S/c1-11(12-4-6-13(7-5-12)22-10-17-9-18-22)19-27(25,26)14-8-20(2)16(24)21(3)15(14)23/h4-11,19H,1-3H3/t11-/m1/s1. The first-order chi connectivity index (χ1) is 12.7. The minimum Gasteiger partial charge on any atom is -0.302 e. The summed E-state index contributed by atoms with van der Waals surface area (Å²) in [5.41, 5.74) is -0.00245. The zero-order chi connectivity index (χ0) is 19.8. The van der Waals surface area contributed by atoms with Gasteiger partial charge in [-0.25, -0.2) is 27.6 Å². The lowest BCUT2D eigenvalue weighted by molar-refractivity contribution is 0.557. The van der Waals surface area contributed by atoms with Gasteiger partial charge in [0, 0.05) is 26.3 Å². The van der Waals surface area contributed by atoms with Crippen molar-refractivity contribution in [3.05, 3.63) is 69.5 Å². The highest BCUT2D eigenvalue weighted by Gasteiger charge is 2.24. The van der Waals surface area contributed by atoms with Crippen molar-refractivity contribution in [2.75, 3.05) is 0 Å². The lowest BCUT2D eigenvalue weighted by atomic mass is 10.1. The molecule has 11 heteroatoms. The Kier molecular flexibility index (Phi) is 4.81. The van der Waals surface area contributed by atoms with Gasteiger partial charge in [0.2, 0.25) is 10.0 Å². The number of hydrogen-bond acceptors (Lipinski definition) is 6. The molecule has 0 aliphatic carbocycles. The van der Waals surface area contributed by atoms with Gasteiger partial charge in [-0.1, -0.05) is 12.1 Å². The first kappa shape index (κ1) is 18.7. The van der Waals surface area contributed by atoms with E-state index >= 15 is 0 Å². The maximum Gasteiger partial charge on any atom is 0.330 e. The molecule has 0 fully saturated rings. The minimum absolute atomic E-state index is 0.488. The van der Waals surface area contributed by atoms with Crippen molar-refractivity contribution in [1.82, 2.24) is 28.6 Å². The molecule has 27 heavy (non-hydrogen) atoms. The van der Waals surface area contributed by atoms with E-state index in [4.69, 9.17) is 0 Å². The van der Waals surface area contributed by atoms with E-state index in [-0.39, 0.29) is 0 Å². The first-order valence-electron chi connectivity index (χ1n) is 7.94. The van der Waals surface area contributed by atoms with Gasteiger partial charge in [0.25, 0.3) is 5.56 Å². The lowest BCUT2D eigenvalue weighted by Gasteiger charge is -2.15. The number of hydrogen-bond donors (Lipinski definition) is 1. The summed E-state index contributed by atoms with van der Waals surface area (Å²) in [6.45, 7) is 1.66. The molecule has 0 aliphatic rings. The van der Waals surface area contributed by atoms with Crippen LogP contribution in [0.3, 0.4) is 0 Å². The Morgan fingerprint density at radius 1 is 1.11 bits per heavy atom. The fourth-order valence-electron chi connectivity index (χ4n) is 2.58. The molecule has 10 nitrogen and oxygen atoms in total. The number of aromatic nitrogens is 5. The van der Waals surface area contributed by atoms with Crippen molar-refractivity contribution in [3.8, 4) is 5.69 Å². The third-order valence-corrected chi connectivity index (χ3v) is 5.64. The summed E-state index contributed by atoms with van der Waals surface area (Å²) in [6.07, 6.45) is 3.99. The highest BCUT2D eigenvalue weighted by atomic mass is 32.2. The Morgan fingerprint density at radius 2 is 1.78 bits per heavy atom. The third kappa shape index (κ3) is 3.59. The maximum atomic E-state index is 12.6. The Balaban J connectivity index is 1.88. The summed E-state index contributed by atoms with van der Waals surface area (Å²) in [6, 6.07) is 6.47. The monoisotopic (exact) mass is 390 g/mol. The second-order valence-corrected chi connectivity index (χ2v) is 7.71. The Hall–Kier alpha value is -3.05. The van der Waals surface area contributed by atoms with Crippen LogP contribution < -0.4 is 16.0 Å². The van der Waals surface area contributed by atoms with E-state index in [2.05, 4.69) is 14.8 Å². The summed E-state index contributed by atoms with van der Waals surface area (Å²) in [5.74, 6) is 0. The fraction of sp³-hybridized carbons (Fsp3) is 0.250. The molecular weight excluding hydrogens is 372 g/mol. The predicted octanol–water partition coefficient (Wildman–Crippen LogP) is -0.296. The Morgan fingerprint density at radius 3 is 2.37 bits per heavy atom. The lowest BCUT2D eigenvalue weighted by Crippen LogP contribution is -2.41. The average molecular weight is 390 g/mol. The summed E-state index contributed by atoms with van der Waals surface area (Å²) >= 11 is 0. The van der Waals surface area contributed by atoms with Gasteiger partial charge in [-0.05, 0) is 24.6 Å². The van der Waals surface area contributed by atoms with E-state index in [0.29, 0.717) is 5.56 Å². The number of sulfonamides is 1. The number of aryl methyl sites for hydroxylation is 1. The van der Waals surface area contributed by atoms with Gasteiger partial charge < -0.3 is 4.57 Å². The predicted molar refractivity (Wildman–Crippen MR) is 97.0 cm³/mol. The summed E-state index contributed by atoms with van der Waals surface area (Å²) in [7, 11) is -1.51. The smallest absolute Gasteiger partial charge is 0.302 e. The maximum absolute atomic E-state index is 12.6. The van der Waals surface area contributed by atoms with Crippen LogP contribution in [0.4, 0.5) is 0 Å². The van der Waals surface area contributed by atoms with Gasteiger partial charge in [0.15, 0.2) is 4.90 Å². The molecule has 3 rings (SSSR count). The van der Waals surface area contributed by atoms with Crippen LogP contribution in [0.25, 0.3) is 5.69 Å². The van der Waals surface area contributed by atoms with Gasteiger partial charge in [0.1, 0.15) is 12.7 Å². The van der Waals surface area contributed by atoms with Crippen LogP contribution in [0.15, 0.2) is 57.6 Å². The summed E-state index contributed by atoms with van der Waals surface area (Å²) < 4.78 is 31.1. The van der Waals surface area contributed by atoms with E-state index in [1.165, 1.54) is 20.4 Å². The number of rotatable bonds is 5. The molecule has 3 aromatic rings. The molecule has 1 atom stereocenters. The quantitative estimate of drug-likeness (QED) is 0.639. The molecule has 0 unspecified atom stereocenters. The van der Waals surface area contributed by atoms with Gasteiger partial charge in [0.05, 0.1) is 5.69 Å². The van der Waals surface area contributed by atoms with Gasteiger partial charge in [-0.3, -0.25) is 9.36 Å². The van der Waals surface area contributed by atoms with Crippen molar-refractivity contribution in [3.63, 3.8) is 0 Å². The van der Waals surface area contributed by atoms with Gasteiger partial charge in [-0.2, -0.15) is 5.10 Å². The fourth-order valence-corrected chi connectivity index (χ4v) is 3.97. The molecule has 0 saturated heterocycles. The normalized spacial score (nSPS) is 12.9. The van der Waals surface area contributed by atoms with Crippen LogP contribution in [0.5, 0.6) is 0 Å². The van der Waals surface area contributed by atoms with Crippen LogP contribution in [-0.2, 0) is 24.1 Å². The largest absolute Gasteiger partial charge is 0.330 e. The zero-order valence-corrected chi connectivity index (χ0v) is 15.7. The molecule has 0 bridgehead atoms. The van der Waals surface area contributed by atoms with Crippen LogP contribution in [0.1, 0.15) is 18.5 Å². The Bertz CT molecular complexity index is 1180. The van der Waals surface area contributed by atoms with E-state index in [9.17, 15) is 18.0 Å². The van der Waals surface area contributed by atoms with E-state index in [1.54, 1.807) is 42.2 Å². The van der Waals surface area contributed by atoms with Crippen molar-refractivity contribution in [1.29, 1.82) is 0 Å². The molecule has 0 saturated carbocycles. The van der Waals surface area contributed by atoms with E-state index in [1.807, 2.05) is 0 Å². The molecule has 0 spiro atoms. The average Bonchev–Trinajstić information content (AvgIpc) is 3.17. The second kappa shape index (κ2) is 6.93. The van der Waals surface area contributed by atoms with Crippen molar-refractivity contribution >= 4 is 10.0 Å². The molecule has 2 heterocycles. The first-order valence-corrected chi connectivity index (χ1v) is 9.43. The molecule has 0 aliphatic heterocycles. The van der Waals surface area contributed by atoms with Crippen LogP contribution in [-0.4, -0.2) is 32.3 Å². The topological polar surface area (TPSA) is 121 Å². The summed E-state index contributed by atoms with van der Waals surface area (Å²) in [5, 5.41) is 4.02. The number of benzene rings is 1. The van der Waals surface area contributed by atoms with Gasteiger partial charge >= 0.3 is 5.69 Å². The van der Waals surface area contributed by atoms with Crippen molar-refractivity contribution in [2.24, 2.45) is 14.1 Å². The molecule has 2 aromatic heterocycles. The molecule has 1 aromatic carbocycles. The van der Waals surface area contributed by atoms with Crippen LogP contribution in [0.2, 0.25) is 0 Å². The molecule has 0 amide bonds. The Labute approximate surface area is 154 Å². The highest BCUT2D eigenvalue weighted by Crippen LogP contribution is 2.17. The second-order valence-electron chi connectivity index (χ2n) is 6.03. The van der Waals surface area contributed by atoms with Crippen molar-refractivity contribution < 1.29 is 8.42 Å². The van der Waals surface area contributed by atoms with Crippen molar-refractivity contribution in [2.45, 2.75) is 17.9 Å². The molecular formula is C16H18N6O4S. The van der Waals surface area contributed by atoms with E-state index in [0.717, 1.165) is 21.0 Å². The zero-order valence-electron chi connectivity index (χ0n) is 14.9. The third-order valence-electron chi connectivity index (χ3n) is 4.11. The number of nitrogens with zero attached hydrogens (tertiary/aromatic N) is 5.